The lowest BCUT2D eigenvalue weighted by Crippen LogP contribution is -2.22. The first kappa shape index (κ1) is 22.9. The minimum absolute atomic E-state index is 0.0115. The summed E-state index contributed by atoms with van der Waals surface area (Å²) in [6, 6.07) is 42.0. The number of hydrogen-bond donors (Lipinski definition) is 0. The summed E-state index contributed by atoms with van der Waals surface area (Å²) in [5.41, 5.74) is 9.26. The van der Waals surface area contributed by atoms with E-state index in [1.54, 1.807) is 0 Å². The molecule has 0 radical (unpaired) electrons. The van der Waals surface area contributed by atoms with Crippen molar-refractivity contribution < 1.29 is 0 Å². The van der Waals surface area contributed by atoms with Crippen LogP contribution in [0.15, 0.2) is 126 Å². The van der Waals surface area contributed by atoms with Gasteiger partial charge in [0.05, 0.1) is 11.0 Å². The molecule has 0 spiro atoms. The average Bonchev–Trinajstić information content (AvgIpc) is 3.31. The average molecular weight is 515 g/mol. The molecule has 0 bridgehead atoms. The van der Waals surface area contributed by atoms with Crippen LogP contribution in [0.2, 0.25) is 0 Å². The molecular formula is C37H26N2O. The van der Waals surface area contributed by atoms with Gasteiger partial charge in [0.25, 0.3) is 5.56 Å². The fourth-order valence-corrected chi connectivity index (χ4v) is 6.55. The molecule has 1 aliphatic carbocycles. The normalized spacial score (nSPS) is 14.8. The zero-order valence-electron chi connectivity index (χ0n) is 21.9. The summed E-state index contributed by atoms with van der Waals surface area (Å²) in [7, 11) is 0. The van der Waals surface area contributed by atoms with Gasteiger partial charge >= 0.3 is 0 Å². The first-order valence-corrected chi connectivity index (χ1v) is 13.9. The third kappa shape index (κ3) is 3.44. The predicted molar refractivity (Wildman–Crippen MR) is 165 cm³/mol. The molecule has 1 unspecified atom stereocenters. The van der Waals surface area contributed by atoms with Gasteiger partial charge in [-0.25, -0.2) is 4.98 Å². The lowest BCUT2D eigenvalue weighted by atomic mass is 9.84. The van der Waals surface area contributed by atoms with Crippen LogP contribution >= 0.6 is 0 Å². The second kappa shape index (κ2) is 9.03. The molecule has 2 aromatic heterocycles. The summed E-state index contributed by atoms with van der Waals surface area (Å²) in [5, 5.41) is 2.86. The Morgan fingerprint density at radius 3 is 2.15 bits per heavy atom. The Hall–Kier alpha value is -5.02. The second-order valence-corrected chi connectivity index (χ2v) is 10.6. The Balaban J connectivity index is 1.53. The van der Waals surface area contributed by atoms with Crippen molar-refractivity contribution in [3.63, 3.8) is 0 Å². The van der Waals surface area contributed by atoms with Gasteiger partial charge in [0.2, 0.25) is 0 Å². The van der Waals surface area contributed by atoms with Crippen LogP contribution in [0.3, 0.4) is 0 Å². The number of benzene rings is 5. The third-order valence-corrected chi connectivity index (χ3v) is 8.37. The fourth-order valence-electron chi connectivity index (χ4n) is 6.55. The minimum atomic E-state index is -0.0115. The number of imidazole rings is 1. The van der Waals surface area contributed by atoms with Gasteiger partial charge in [0.1, 0.15) is 5.65 Å². The summed E-state index contributed by atoms with van der Waals surface area (Å²) in [6.45, 7) is 0. The Kier molecular flexibility index (Phi) is 5.17. The highest BCUT2D eigenvalue weighted by Gasteiger charge is 2.25. The van der Waals surface area contributed by atoms with Gasteiger partial charge in [0, 0.05) is 27.5 Å². The van der Waals surface area contributed by atoms with Crippen LogP contribution < -0.4 is 10.8 Å². The van der Waals surface area contributed by atoms with Crippen molar-refractivity contribution in [3.8, 4) is 22.3 Å². The minimum Gasteiger partial charge on any atom is -0.268 e. The van der Waals surface area contributed by atoms with Crippen LogP contribution in [-0.2, 0) is 0 Å². The van der Waals surface area contributed by atoms with Crippen molar-refractivity contribution in [2.24, 2.45) is 0 Å². The number of pyridine rings is 1. The first-order valence-electron chi connectivity index (χ1n) is 13.9. The lowest BCUT2D eigenvalue weighted by Gasteiger charge is -2.20. The van der Waals surface area contributed by atoms with Crippen molar-refractivity contribution in [2.75, 3.05) is 0 Å². The van der Waals surface area contributed by atoms with Gasteiger partial charge in [0.15, 0.2) is 0 Å². The molecule has 0 amide bonds. The van der Waals surface area contributed by atoms with E-state index in [0.29, 0.717) is 0 Å². The molecule has 0 N–H and O–H groups in total. The number of nitrogens with zero attached hydrogens (tertiary/aromatic N) is 2. The molecule has 3 heteroatoms. The van der Waals surface area contributed by atoms with E-state index < -0.39 is 0 Å². The van der Waals surface area contributed by atoms with E-state index in [-0.39, 0.29) is 11.5 Å². The number of aromatic nitrogens is 2. The van der Waals surface area contributed by atoms with Crippen LogP contribution in [0.5, 0.6) is 0 Å². The zero-order valence-corrected chi connectivity index (χ0v) is 21.9. The quantitative estimate of drug-likeness (QED) is 0.241. The number of fused-ring (bicyclic) bond motifs is 4. The highest BCUT2D eigenvalue weighted by atomic mass is 16.1. The van der Waals surface area contributed by atoms with Crippen LogP contribution in [0.4, 0.5) is 0 Å². The fraction of sp³-hybridized carbons (Fsp3) is 0.0811. The van der Waals surface area contributed by atoms with Gasteiger partial charge in [-0.15, -0.1) is 0 Å². The Morgan fingerprint density at radius 1 is 0.700 bits per heavy atom. The van der Waals surface area contributed by atoms with Gasteiger partial charge in [-0.05, 0) is 58.9 Å². The van der Waals surface area contributed by atoms with E-state index in [9.17, 15) is 4.79 Å². The van der Waals surface area contributed by atoms with Crippen LogP contribution in [0, 0.1) is 0 Å². The van der Waals surface area contributed by atoms with E-state index in [4.69, 9.17) is 4.98 Å². The van der Waals surface area contributed by atoms with E-state index in [2.05, 4.69) is 91.0 Å². The maximum atomic E-state index is 14.5. The molecular weight excluding hydrogens is 488 g/mol. The van der Waals surface area contributed by atoms with Crippen LogP contribution in [-0.4, -0.2) is 9.38 Å². The standard InChI is InChI=1S/C37H26N2O/c40-37-32-23-27(24-12-4-1-5-13-24)22-31-28(25-14-6-2-7-15-25)18-10-20-30(34(31)32)36-38-35-29(26-16-8-3-9-17-26)19-11-21-33(35)39(36)37/h1-9,11-17,19-23,28H,10,18H2. The largest absolute Gasteiger partial charge is 0.268 e. The van der Waals surface area contributed by atoms with E-state index in [1.807, 2.05) is 40.8 Å². The topological polar surface area (TPSA) is 34.4 Å². The monoisotopic (exact) mass is 514 g/mol. The Bertz CT molecular complexity index is 2170. The van der Waals surface area contributed by atoms with E-state index in [1.165, 1.54) is 11.1 Å². The molecule has 1 aliphatic rings. The van der Waals surface area contributed by atoms with Crippen molar-refractivity contribution in [1.29, 1.82) is 0 Å². The molecule has 7 aromatic rings. The van der Waals surface area contributed by atoms with Gasteiger partial charge in [-0.1, -0.05) is 109 Å². The number of rotatable bonds is 3. The molecule has 1 atom stereocenters. The van der Waals surface area contributed by atoms with Crippen LogP contribution in [0.1, 0.15) is 29.9 Å². The summed E-state index contributed by atoms with van der Waals surface area (Å²) in [5.74, 6) is 0.191. The van der Waals surface area contributed by atoms with E-state index >= 15 is 0 Å². The SMILES string of the molecule is O=c1c2cc(-c3ccccc3)cc3c2c(c2nc4c(-c5ccccc5)cccc4n12)=CCCC3c1ccccc1. The predicted octanol–water partition coefficient (Wildman–Crippen LogP) is 7.76. The summed E-state index contributed by atoms with van der Waals surface area (Å²) in [4.78, 5) is 19.7. The number of para-hydroxylation sites is 1. The van der Waals surface area contributed by atoms with Crippen molar-refractivity contribution in [2.45, 2.75) is 18.8 Å². The maximum Gasteiger partial charge on any atom is 0.264 e. The number of hydrogen-bond acceptors (Lipinski definition) is 2. The zero-order chi connectivity index (χ0) is 26.6. The van der Waals surface area contributed by atoms with Crippen molar-refractivity contribution >= 4 is 33.5 Å². The molecule has 5 aromatic carbocycles. The molecule has 40 heavy (non-hydrogen) atoms. The molecule has 0 saturated heterocycles. The summed E-state index contributed by atoms with van der Waals surface area (Å²) >= 11 is 0. The van der Waals surface area contributed by atoms with E-state index in [0.717, 1.165) is 67.8 Å². The first-order chi connectivity index (χ1) is 19.8. The van der Waals surface area contributed by atoms with Crippen molar-refractivity contribution in [3.05, 3.63) is 148 Å². The van der Waals surface area contributed by atoms with Crippen molar-refractivity contribution in [1.82, 2.24) is 9.38 Å². The maximum absolute atomic E-state index is 14.5. The molecule has 0 aliphatic heterocycles. The highest BCUT2D eigenvalue weighted by molar-refractivity contribution is 5.99. The molecule has 2 heterocycles. The molecule has 3 nitrogen and oxygen atoms in total. The van der Waals surface area contributed by atoms with Gasteiger partial charge in [-0.2, -0.15) is 0 Å². The molecule has 8 rings (SSSR count). The summed E-state index contributed by atoms with van der Waals surface area (Å²) in [6.07, 6.45) is 4.19. The molecule has 190 valence electrons. The second-order valence-electron chi connectivity index (χ2n) is 10.6. The molecule has 0 saturated carbocycles. The Morgan fingerprint density at radius 2 is 1.40 bits per heavy atom. The highest BCUT2D eigenvalue weighted by Crippen LogP contribution is 2.38. The van der Waals surface area contributed by atoms with Gasteiger partial charge < -0.3 is 0 Å². The Labute approximate surface area is 231 Å². The molecule has 0 fully saturated rings. The lowest BCUT2D eigenvalue weighted by molar-refractivity contribution is 0.751. The van der Waals surface area contributed by atoms with Crippen LogP contribution in [0.25, 0.3) is 55.8 Å². The van der Waals surface area contributed by atoms with Gasteiger partial charge in [-0.3, -0.25) is 9.20 Å². The third-order valence-electron chi connectivity index (χ3n) is 8.37. The smallest absolute Gasteiger partial charge is 0.264 e. The summed E-state index contributed by atoms with van der Waals surface area (Å²) < 4.78 is 1.84.